The first kappa shape index (κ1) is 19.7. The van der Waals surface area contributed by atoms with Crippen molar-refractivity contribution in [2.45, 2.75) is 6.92 Å². The van der Waals surface area contributed by atoms with Gasteiger partial charge in [-0.1, -0.05) is 54.6 Å². The molecule has 30 heavy (non-hydrogen) atoms. The van der Waals surface area contributed by atoms with E-state index in [4.69, 9.17) is 4.74 Å². The number of hydrogen-bond acceptors (Lipinski definition) is 4. The lowest BCUT2D eigenvalue weighted by Crippen LogP contribution is -2.28. The highest BCUT2D eigenvalue weighted by molar-refractivity contribution is 5.90. The van der Waals surface area contributed by atoms with Gasteiger partial charge in [-0.05, 0) is 47.9 Å². The Morgan fingerprint density at radius 2 is 1.77 bits per heavy atom. The van der Waals surface area contributed by atoms with Crippen LogP contribution in [0.4, 0.5) is 11.4 Å². The van der Waals surface area contributed by atoms with Crippen molar-refractivity contribution in [3.8, 4) is 5.75 Å². The van der Waals surface area contributed by atoms with Gasteiger partial charge >= 0.3 is 0 Å². The van der Waals surface area contributed by atoms with Crippen LogP contribution in [0.5, 0.6) is 5.75 Å². The van der Waals surface area contributed by atoms with Crippen LogP contribution >= 0.6 is 0 Å². The third-order valence-electron chi connectivity index (χ3n) is 5.48. The Bertz CT molecular complexity index is 1090. The molecule has 1 heterocycles. The van der Waals surface area contributed by atoms with Gasteiger partial charge in [-0.2, -0.15) is 0 Å². The average Bonchev–Trinajstić information content (AvgIpc) is 2.91. The molecular formula is C25H24N2O3. The van der Waals surface area contributed by atoms with Crippen molar-refractivity contribution in [1.82, 2.24) is 0 Å². The normalized spacial score (nSPS) is 15.7. The van der Waals surface area contributed by atoms with Crippen LogP contribution in [0.1, 0.15) is 16.7 Å². The zero-order chi connectivity index (χ0) is 21.1. The molecule has 1 unspecified atom stereocenters. The number of benzene rings is 3. The number of fused-ring (bicyclic) bond motifs is 1. The fraction of sp³-hybridized carbons (Fsp3) is 0.200. The minimum absolute atomic E-state index is 0.121. The maximum atomic E-state index is 11.4. The Labute approximate surface area is 176 Å². The van der Waals surface area contributed by atoms with Crippen LogP contribution in [-0.2, 0) is 0 Å². The third-order valence-corrected chi connectivity index (χ3v) is 5.48. The number of para-hydroxylation sites is 1. The van der Waals surface area contributed by atoms with Crippen molar-refractivity contribution < 1.29 is 9.66 Å². The van der Waals surface area contributed by atoms with Gasteiger partial charge in [0.05, 0.1) is 13.0 Å². The fourth-order valence-corrected chi connectivity index (χ4v) is 4.07. The summed E-state index contributed by atoms with van der Waals surface area (Å²) >= 11 is 0. The summed E-state index contributed by atoms with van der Waals surface area (Å²) in [6.45, 7) is 2.47. The van der Waals surface area contributed by atoms with E-state index in [0.717, 1.165) is 39.4 Å². The zero-order valence-electron chi connectivity index (χ0n) is 17.1. The van der Waals surface area contributed by atoms with Gasteiger partial charge in [0.2, 0.25) is 6.54 Å². The van der Waals surface area contributed by atoms with Crippen LogP contribution in [0, 0.1) is 23.0 Å². The molecule has 3 aromatic rings. The number of nitro groups is 1. The van der Waals surface area contributed by atoms with E-state index in [0.29, 0.717) is 6.54 Å². The molecule has 0 amide bonds. The molecule has 1 aliphatic heterocycles. The molecule has 152 valence electrons. The van der Waals surface area contributed by atoms with Gasteiger partial charge in [-0.25, -0.2) is 0 Å². The summed E-state index contributed by atoms with van der Waals surface area (Å²) in [7, 11) is 1.65. The summed E-state index contributed by atoms with van der Waals surface area (Å²) in [5.41, 5.74) is 6.24. The van der Waals surface area contributed by atoms with E-state index in [2.05, 4.69) is 30.0 Å². The Morgan fingerprint density at radius 1 is 1.03 bits per heavy atom. The van der Waals surface area contributed by atoms with E-state index in [9.17, 15) is 10.1 Å². The number of hydrogen-bond donors (Lipinski definition) is 0. The van der Waals surface area contributed by atoms with Crippen LogP contribution in [0.2, 0.25) is 0 Å². The molecule has 1 atom stereocenters. The lowest BCUT2D eigenvalue weighted by molar-refractivity contribution is -0.485. The van der Waals surface area contributed by atoms with Crippen LogP contribution < -0.4 is 9.64 Å². The van der Waals surface area contributed by atoms with E-state index < -0.39 is 0 Å². The molecule has 3 aromatic carbocycles. The molecule has 0 aromatic heterocycles. The molecule has 0 fully saturated rings. The monoisotopic (exact) mass is 400 g/mol. The summed E-state index contributed by atoms with van der Waals surface area (Å²) in [6.07, 6.45) is 2.05. The first-order valence-corrected chi connectivity index (χ1v) is 9.97. The van der Waals surface area contributed by atoms with Gasteiger partial charge in [0.1, 0.15) is 5.75 Å². The van der Waals surface area contributed by atoms with Gasteiger partial charge in [-0.15, -0.1) is 0 Å². The number of aryl methyl sites for hydroxylation is 1. The van der Waals surface area contributed by atoms with E-state index in [-0.39, 0.29) is 17.4 Å². The molecule has 0 N–H and O–H groups in total. The van der Waals surface area contributed by atoms with E-state index in [1.807, 2.05) is 60.7 Å². The van der Waals surface area contributed by atoms with Gasteiger partial charge in [0, 0.05) is 28.4 Å². The predicted molar refractivity (Wildman–Crippen MR) is 120 cm³/mol. The van der Waals surface area contributed by atoms with Crippen LogP contribution in [0.3, 0.4) is 0 Å². The number of ether oxygens (including phenoxy) is 1. The summed E-state index contributed by atoms with van der Waals surface area (Å²) in [5.74, 6) is 0.515. The molecule has 0 spiro atoms. The number of methoxy groups -OCH3 is 1. The molecule has 0 saturated carbocycles. The minimum atomic E-state index is -0.242. The molecule has 5 heteroatoms. The standard InChI is InChI=1S/C25H24N2O3/c1-18-8-6-7-11-24(18)26-16-19(17-27(28)29)14-22(20-9-4-3-5-10-20)23-15-21(30-2)12-13-25(23)26/h3-15,19H,16-17H2,1-2H3. The third kappa shape index (κ3) is 3.92. The highest BCUT2D eigenvalue weighted by Crippen LogP contribution is 2.42. The first-order valence-electron chi connectivity index (χ1n) is 9.97. The Balaban J connectivity index is 1.95. The highest BCUT2D eigenvalue weighted by Gasteiger charge is 2.28. The smallest absolute Gasteiger partial charge is 0.211 e. The van der Waals surface area contributed by atoms with Crippen LogP contribution in [0.25, 0.3) is 5.57 Å². The van der Waals surface area contributed by atoms with E-state index in [1.165, 1.54) is 0 Å². The second-order valence-electron chi connectivity index (χ2n) is 7.50. The average molecular weight is 400 g/mol. The summed E-state index contributed by atoms with van der Waals surface area (Å²) < 4.78 is 5.51. The molecule has 0 saturated heterocycles. The Morgan fingerprint density at radius 3 is 2.47 bits per heavy atom. The molecule has 0 aliphatic carbocycles. The maximum Gasteiger partial charge on any atom is 0.211 e. The number of anilines is 2. The summed E-state index contributed by atoms with van der Waals surface area (Å²) in [5, 5.41) is 11.4. The maximum absolute atomic E-state index is 11.4. The van der Waals surface area contributed by atoms with Gasteiger partial charge in [0.25, 0.3) is 0 Å². The molecular weight excluding hydrogens is 376 g/mol. The number of rotatable bonds is 5. The van der Waals surface area contributed by atoms with Crippen molar-refractivity contribution in [2.24, 2.45) is 5.92 Å². The molecule has 4 rings (SSSR count). The Hall–Kier alpha value is -3.60. The molecule has 0 radical (unpaired) electrons. The lowest BCUT2D eigenvalue weighted by atomic mass is 9.94. The van der Waals surface area contributed by atoms with Crippen molar-refractivity contribution in [3.05, 3.63) is 106 Å². The van der Waals surface area contributed by atoms with Gasteiger partial charge < -0.3 is 9.64 Å². The fourth-order valence-electron chi connectivity index (χ4n) is 4.07. The zero-order valence-corrected chi connectivity index (χ0v) is 17.1. The van der Waals surface area contributed by atoms with Gasteiger partial charge in [0.15, 0.2) is 0 Å². The second kappa shape index (κ2) is 8.41. The van der Waals surface area contributed by atoms with Gasteiger partial charge in [-0.3, -0.25) is 10.1 Å². The largest absolute Gasteiger partial charge is 0.497 e. The highest BCUT2D eigenvalue weighted by atomic mass is 16.6. The van der Waals surface area contributed by atoms with E-state index in [1.54, 1.807) is 7.11 Å². The minimum Gasteiger partial charge on any atom is -0.497 e. The van der Waals surface area contributed by atoms with Crippen molar-refractivity contribution >= 4 is 16.9 Å². The lowest BCUT2D eigenvalue weighted by Gasteiger charge is -2.29. The van der Waals surface area contributed by atoms with E-state index >= 15 is 0 Å². The van der Waals surface area contributed by atoms with Crippen molar-refractivity contribution in [1.29, 1.82) is 0 Å². The topological polar surface area (TPSA) is 55.6 Å². The Kier molecular flexibility index (Phi) is 5.53. The first-order chi connectivity index (χ1) is 14.6. The molecule has 0 bridgehead atoms. The second-order valence-corrected chi connectivity index (χ2v) is 7.50. The summed E-state index contributed by atoms with van der Waals surface area (Å²) in [4.78, 5) is 13.4. The molecule has 1 aliphatic rings. The van der Waals surface area contributed by atoms with Crippen molar-refractivity contribution in [3.63, 3.8) is 0 Å². The van der Waals surface area contributed by atoms with Crippen molar-refractivity contribution in [2.75, 3.05) is 25.1 Å². The number of nitrogens with zero attached hydrogens (tertiary/aromatic N) is 2. The van der Waals surface area contributed by atoms with Crippen LogP contribution in [-0.4, -0.2) is 25.1 Å². The van der Waals surface area contributed by atoms with Crippen LogP contribution in [0.15, 0.2) is 78.9 Å². The summed E-state index contributed by atoms with van der Waals surface area (Å²) in [6, 6.07) is 24.2. The molecule has 5 nitrogen and oxygen atoms in total. The SMILES string of the molecule is COc1ccc2c(c1)C(c1ccccc1)=CC(C[N+](=O)[O-])CN2c1ccccc1C. The predicted octanol–water partition coefficient (Wildman–Crippen LogP) is 5.48. The quantitative estimate of drug-likeness (QED) is 0.420.